The highest BCUT2D eigenvalue weighted by molar-refractivity contribution is 7.84. The molecule has 32 heavy (non-hydrogen) atoms. The highest BCUT2D eigenvalue weighted by Crippen LogP contribution is 2.18. The number of carbonyl (C=O) groups is 1. The summed E-state index contributed by atoms with van der Waals surface area (Å²) in [5.74, 6) is -0.475. The number of H-pyrrole nitrogens is 1. The summed E-state index contributed by atoms with van der Waals surface area (Å²) in [7, 11) is 0.316. The van der Waals surface area contributed by atoms with Crippen LogP contribution < -0.4 is 21.9 Å². The fourth-order valence-electron chi connectivity index (χ4n) is 3.03. The van der Waals surface area contributed by atoms with Crippen LogP contribution >= 0.6 is 0 Å². The third kappa shape index (κ3) is 5.59. The molecular formula is C22H24N4O5S. The summed E-state index contributed by atoms with van der Waals surface area (Å²) in [6.45, 7) is 0.631. The first-order valence-electron chi connectivity index (χ1n) is 9.79. The van der Waals surface area contributed by atoms with E-state index >= 15 is 0 Å². The summed E-state index contributed by atoms with van der Waals surface area (Å²) >= 11 is 0. The van der Waals surface area contributed by atoms with Gasteiger partial charge in [0, 0.05) is 41.2 Å². The van der Waals surface area contributed by atoms with E-state index in [-0.39, 0.29) is 24.7 Å². The van der Waals surface area contributed by atoms with Gasteiger partial charge in [-0.15, -0.1) is 0 Å². The lowest BCUT2D eigenvalue weighted by atomic mass is 10.2. The molecule has 0 aliphatic heterocycles. The Kier molecular flexibility index (Phi) is 7.74. The van der Waals surface area contributed by atoms with E-state index in [0.717, 1.165) is 5.56 Å². The van der Waals surface area contributed by atoms with Crippen molar-refractivity contribution in [3.63, 3.8) is 0 Å². The molecule has 3 N–H and O–H groups in total. The first kappa shape index (κ1) is 23.2. The average Bonchev–Trinajstić information content (AvgIpc) is 2.79. The van der Waals surface area contributed by atoms with Gasteiger partial charge in [-0.25, -0.2) is 4.79 Å². The lowest BCUT2D eigenvalue weighted by Crippen LogP contribution is -2.36. The lowest BCUT2D eigenvalue weighted by molar-refractivity contribution is 0.102. The van der Waals surface area contributed by atoms with Crippen LogP contribution in [0.1, 0.15) is 15.9 Å². The number of aromatic nitrogens is 2. The minimum absolute atomic E-state index is 0.0416. The molecule has 0 aliphatic carbocycles. The Morgan fingerprint density at radius 3 is 2.41 bits per heavy atom. The van der Waals surface area contributed by atoms with Crippen LogP contribution in [0.15, 0.2) is 69.1 Å². The van der Waals surface area contributed by atoms with Crippen LogP contribution in [-0.4, -0.2) is 39.6 Å². The van der Waals surface area contributed by atoms with Crippen LogP contribution in [0.4, 0.5) is 11.5 Å². The Balaban J connectivity index is 1.97. The normalized spacial score (nSPS) is 11.7. The Morgan fingerprint density at radius 1 is 1.09 bits per heavy atom. The fourth-order valence-corrected chi connectivity index (χ4v) is 3.54. The molecule has 0 saturated carbocycles. The SMILES string of the molecule is COCCn1c(NC(=O)c2ccc(S(C)=O)cc2)c(NCc2ccccc2)c(=O)[nH]c1=O. The van der Waals surface area contributed by atoms with Crippen LogP contribution in [0, 0.1) is 0 Å². The minimum Gasteiger partial charge on any atom is -0.383 e. The number of anilines is 2. The molecule has 0 radical (unpaired) electrons. The van der Waals surface area contributed by atoms with E-state index in [9.17, 15) is 18.6 Å². The van der Waals surface area contributed by atoms with Crippen molar-refractivity contribution in [1.82, 2.24) is 9.55 Å². The Hall–Kier alpha value is -3.50. The van der Waals surface area contributed by atoms with Crippen LogP contribution in [0.5, 0.6) is 0 Å². The van der Waals surface area contributed by atoms with E-state index in [1.807, 2.05) is 30.3 Å². The highest BCUT2D eigenvalue weighted by atomic mass is 32.2. The topological polar surface area (TPSA) is 122 Å². The molecule has 3 aromatic rings. The number of nitrogens with zero attached hydrogens (tertiary/aromatic N) is 1. The second-order valence-corrected chi connectivity index (χ2v) is 8.28. The number of amides is 1. The van der Waals surface area contributed by atoms with Gasteiger partial charge in [-0.1, -0.05) is 30.3 Å². The third-order valence-electron chi connectivity index (χ3n) is 4.71. The zero-order valence-corrected chi connectivity index (χ0v) is 18.5. The predicted molar refractivity (Wildman–Crippen MR) is 124 cm³/mol. The van der Waals surface area contributed by atoms with Gasteiger partial charge in [-0.2, -0.15) is 0 Å². The third-order valence-corrected chi connectivity index (χ3v) is 5.65. The molecule has 0 saturated heterocycles. The summed E-state index contributed by atoms with van der Waals surface area (Å²) in [5.41, 5.74) is -0.0404. The maximum atomic E-state index is 12.9. The molecule has 9 nitrogen and oxygen atoms in total. The minimum atomic E-state index is -1.17. The number of nitrogens with one attached hydrogen (secondary N) is 3. The Labute approximate surface area is 186 Å². The quantitative estimate of drug-likeness (QED) is 0.451. The maximum Gasteiger partial charge on any atom is 0.330 e. The van der Waals surface area contributed by atoms with Gasteiger partial charge >= 0.3 is 5.69 Å². The van der Waals surface area contributed by atoms with Gasteiger partial charge in [0.15, 0.2) is 0 Å². The number of aromatic amines is 1. The highest BCUT2D eigenvalue weighted by Gasteiger charge is 2.18. The summed E-state index contributed by atoms with van der Waals surface area (Å²) in [6, 6.07) is 15.7. The number of carbonyl (C=O) groups excluding carboxylic acids is 1. The maximum absolute atomic E-state index is 12.9. The van der Waals surface area contributed by atoms with Gasteiger partial charge in [-0.3, -0.25) is 23.3 Å². The van der Waals surface area contributed by atoms with Gasteiger partial charge in [-0.05, 0) is 29.8 Å². The van der Waals surface area contributed by atoms with E-state index in [1.165, 1.54) is 23.8 Å². The van der Waals surface area contributed by atoms with Crippen molar-refractivity contribution >= 4 is 28.2 Å². The summed E-state index contributed by atoms with van der Waals surface area (Å²) in [6.07, 6.45) is 1.55. The standard InChI is InChI=1S/C22H24N4O5S/c1-31-13-12-26-19(24-20(27)16-8-10-17(11-9-16)32(2)30)18(21(28)25-22(26)29)23-14-15-6-4-3-5-7-15/h3-11,23H,12-14H2,1-2H3,(H,24,27)(H,25,28,29). The van der Waals surface area contributed by atoms with Gasteiger partial charge in [0.05, 0.1) is 13.2 Å². The summed E-state index contributed by atoms with van der Waals surface area (Å²) < 4.78 is 17.9. The van der Waals surface area contributed by atoms with Crippen LogP contribution in [0.2, 0.25) is 0 Å². The molecule has 1 amide bonds. The molecule has 2 aromatic carbocycles. The first-order chi connectivity index (χ1) is 15.4. The number of methoxy groups -OCH3 is 1. The van der Waals surface area contributed by atoms with Crippen molar-refractivity contribution in [2.24, 2.45) is 0 Å². The lowest BCUT2D eigenvalue weighted by Gasteiger charge is -2.18. The molecule has 0 spiro atoms. The zero-order valence-electron chi connectivity index (χ0n) is 17.7. The monoisotopic (exact) mass is 456 g/mol. The molecule has 0 aliphatic rings. The van der Waals surface area contributed by atoms with E-state index < -0.39 is 28.0 Å². The molecule has 1 aromatic heterocycles. The molecule has 1 heterocycles. The zero-order chi connectivity index (χ0) is 23.1. The largest absolute Gasteiger partial charge is 0.383 e. The van der Waals surface area contributed by atoms with E-state index in [2.05, 4.69) is 15.6 Å². The summed E-state index contributed by atoms with van der Waals surface area (Å²) in [4.78, 5) is 40.8. The van der Waals surface area contributed by atoms with Gasteiger partial charge in [0.25, 0.3) is 11.5 Å². The number of rotatable bonds is 9. The van der Waals surface area contributed by atoms with Crippen LogP contribution in [0.25, 0.3) is 0 Å². The molecule has 1 atom stereocenters. The Morgan fingerprint density at radius 2 is 1.78 bits per heavy atom. The second-order valence-electron chi connectivity index (χ2n) is 6.90. The number of hydrogen-bond donors (Lipinski definition) is 3. The van der Waals surface area contributed by atoms with E-state index in [1.54, 1.807) is 18.4 Å². The van der Waals surface area contributed by atoms with Crippen molar-refractivity contribution in [2.75, 3.05) is 30.6 Å². The van der Waals surface area contributed by atoms with Crippen molar-refractivity contribution in [1.29, 1.82) is 0 Å². The molecule has 10 heteroatoms. The molecule has 168 valence electrons. The average molecular weight is 457 g/mol. The second kappa shape index (κ2) is 10.7. The summed E-state index contributed by atoms with van der Waals surface area (Å²) in [5, 5.41) is 5.70. The van der Waals surface area contributed by atoms with Gasteiger partial charge in [0.2, 0.25) is 0 Å². The number of benzene rings is 2. The van der Waals surface area contributed by atoms with E-state index in [0.29, 0.717) is 17.0 Å². The van der Waals surface area contributed by atoms with E-state index in [4.69, 9.17) is 4.74 Å². The Bertz CT molecular complexity index is 1220. The van der Waals surface area contributed by atoms with Crippen molar-refractivity contribution in [2.45, 2.75) is 18.0 Å². The van der Waals surface area contributed by atoms with Crippen LogP contribution in [0.3, 0.4) is 0 Å². The molecule has 0 fully saturated rings. The van der Waals surface area contributed by atoms with Crippen molar-refractivity contribution in [3.8, 4) is 0 Å². The number of ether oxygens (including phenoxy) is 1. The van der Waals surface area contributed by atoms with Gasteiger partial charge in [0.1, 0.15) is 11.5 Å². The molecule has 1 unspecified atom stereocenters. The predicted octanol–water partition coefficient (Wildman–Crippen LogP) is 1.78. The smallest absolute Gasteiger partial charge is 0.330 e. The molecule has 3 rings (SSSR count). The first-order valence-corrected chi connectivity index (χ1v) is 11.3. The molecule has 0 bridgehead atoms. The van der Waals surface area contributed by atoms with Gasteiger partial charge < -0.3 is 15.4 Å². The van der Waals surface area contributed by atoms with Crippen molar-refractivity contribution in [3.05, 3.63) is 86.6 Å². The van der Waals surface area contributed by atoms with Crippen LogP contribution in [-0.2, 0) is 28.6 Å². The number of hydrogen-bond acceptors (Lipinski definition) is 6. The fraction of sp³-hybridized carbons (Fsp3) is 0.227. The molecular weight excluding hydrogens is 432 g/mol. The van der Waals surface area contributed by atoms with Crippen molar-refractivity contribution < 1.29 is 13.7 Å².